The number of nitrogens with one attached hydrogen (secondary N) is 2. The lowest BCUT2D eigenvalue weighted by molar-refractivity contribution is -0.130. The number of hydrogen-bond donors (Lipinski definition) is 2. The van der Waals surface area contributed by atoms with E-state index in [1.807, 2.05) is 29.2 Å². The van der Waals surface area contributed by atoms with Gasteiger partial charge in [0, 0.05) is 37.2 Å². The third kappa shape index (κ3) is 5.78. The van der Waals surface area contributed by atoms with Crippen LogP contribution >= 0.6 is 11.3 Å². The van der Waals surface area contributed by atoms with Crippen molar-refractivity contribution in [2.75, 3.05) is 48.8 Å². The van der Waals surface area contributed by atoms with Crippen molar-refractivity contribution >= 4 is 39.8 Å². The molecule has 1 saturated heterocycles. The highest BCUT2D eigenvalue weighted by Crippen LogP contribution is 2.28. The van der Waals surface area contributed by atoms with Gasteiger partial charge in [-0.25, -0.2) is 14.2 Å². The molecule has 10 heteroatoms. The summed E-state index contributed by atoms with van der Waals surface area (Å²) < 4.78 is 18.4. The molecule has 4 rings (SSSR count). The number of methoxy groups -OCH3 is 1. The molecule has 0 aliphatic carbocycles. The molecule has 0 unspecified atom stereocenters. The molecule has 1 aliphatic rings. The van der Waals surface area contributed by atoms with Crippen LogP contribution in [0.4, 0.5) is 25.7 Å². The van der Waals surface area contributed by atoms with Gasteiger partial charge >= 0.3 is 6.03 Å². The first-order chi connectivity index (χ1) is 16.0. The van der Waals surface area contributed by atoms with Crippen molar-refractivity contribution in [3.63, 3.8) is 0 Å². The Bertz CT molecular complexity index is 1110. The summed E-state index contributed by atoms with van der Waals surface area (Å²) in [5.74, 6) is 0.446. The lowest BCUT2D eigenvalue weighted by Crippen LogP contribution is -2.49. The van der Waals surface area contributed by atoms with Gasteiger partial charge in [0.1, 0.15) is 11.6 Å². The predicted molar refractivity (Wildman–Crippen MR) is 127 cm³/mol. The Kier molecular flexibility index (Phi) is 7.04. The van der Waals surface area contributed by atoms with Crippen LogP contribution in [0.15, 0.2) is 53.9 Å². The Labute approximate surface area is 195 Å². The van der Waals surface area contributed by atoms with Crippen molar-refractivity contribution in [3.8, 4) is 5.75 Å². The summed E-state index contributed by atoms with van der Waals surface area (Å²) >= 11 is 1.25. The molecule has 3 amide bonds. The topological polar surface area (TPSA) is 86.8 Å². The van der Waals surface area contributed by atoms with E-state index in [0.29, 0.717) is 29.6 Å². The molecular formula is C23H24FN5O3S. The first kappa shape index (κ1) is 22.5. The average molecular weight is 470 g/mol. The lowest BCUT2D eigenvalue weighted by atomic mass is 10.2. The maximum absolute atomic E-state index is 13.0. The molecule has 1 aromatic heterocycles. The number of ether oxygens (including phenoxy) is 1. The van der Waals surface area contributed by atoms with Crippen LogP contribution in [-0.2, 0) is 11.2 Å². The fourth-order valence-electron chi connectivity index (χ4n) is 3.59. The number of piperazine rings is 1. The third-order valence-corrected chi connectivity index (χ3v) is 6.07. The van der Waals surface area contributed by atoms with E-state index in [4.69, 9.17) is 4.74 Å². The van der Waals surface area contributed by atoms with Gasteiger partial charge in [-0.2, -0.15) is 0 Å². The molecule has 8 nitrogen and oxygen atoms in total. The highest BCUT2D eigenvalue weighted by atomic mass is 32.1. The van der Waals surface area contributed by atoms with Gasteiger partial charge in [-0.3, -0.25) is 10.1 Å². The number of anilines is 3. The highest BCUT2D eigenvalue weighted by molar-refractivity contribution is 7.14. The van der Waals surface area contributed by atoms with E-state index >= 15 is 0 Å². The molecule has 0 atom stereocenters. The molecule has 2 N–H and O–H groups in total. The molecule has 1 fully saturated rings. The van der Waals surface area contributed by atoms with Crippen molar-refractivity contribution in [1.82, 2.24) is 9.88 Å². The van der Waals surface area contributed by atoms with E-state index in [1.165, 1.54) is 35.6 Å². The summed E-state index contributed by atoms with van der Waals surface area (Å²) in [5.41, 5.74) is 2.10. The van der Waals surface area contributed by atoms with Crippen LogP contribution in [-0.4, -0.2) is 55.1 Å². The second-order valence-electron chi connectivity index (χ2n) is 7.45. The van der Waals surface area contributed by atoms with Gasteiger partial charge in [0.25, 0.3) is 0 Å². The number of rotatable bonds is 6. The number of nitrogens with zero attached hydrogens (tertiary/aromatic N) is 3. The number of thiazole rings is 1. The van der Waals surface area contributed by atoms with Crippen molar-refractivity contribution in [2.45, 2.75) is 6.42 Å². The minimum absolute atomic E-state index is 0.00212. The lowest BCUT2D eigenvalue weighted by Gasteiger charge is -2.36. The van der Waals surface area contributed by atoms with Crippen molar-refractivity contribution in [2.24, 2.45) is 0 Å². The summed E-state index contributed by atoms with van der Waals surface area (Å²) in [7, 11) is 1.65. The normalized spacial score (nSPS) is 13.5. The minimum Gasteiger partial charge on any atom is -0.495 e. The molecule has 2 heterocycles. The molecule has 0 bridgehead atoms. The number of halogens is 1. The van der Waals surface area contributed by atoms with E-state index in [0.717, 1.165) is 24.5 Å². The van der Waals surface area contributed by atoms with Crippen LogP contribution in [0.2, 0.25) is 0 Å². The first-order valence-corrected chi connectivity index (χ1v) is 11.3. The number of carbonyl (C=O) groups excluding carboxylic acids is 2. The number of amides is 3. The minimum atomic E-state index is -0.485. The van der Waals surface area contributed by atoms with E-state index in [1.54, 1.807) is 12.5 Å². The Balaban J connectivity index is 1.26. The summed E-state index contributed by atoms with van der Waals surface area (Å²) in [6.45, 7) is 2.68. The summed E-state index contributed by atoms with van der Waals surface area (Å²) in [4.78, 5) is 33.2. The van der Waals surface area contributed by atoms with E-state index < -0.39 is 6.03 Å². The largest absolute Gasteiger partial charge is 0.495 e. The quantitative estimate of drug-likeness (QED) is 0.573. The Hall–Kier alpha value is -3.66. The van der Waals surface area contributed by atoms with Crippen molar-refractivity contribution < 1.29 is 18.7 Å². The smallest absolute Gasteiger partial charge is 0.325 e. The van der Waals surface area contributed by atoms with Gasteiger partial charge in [-0.1, -0.05) is 12.1 Å². The molecule has 33 heavy (non-hydrogen) atoms. The predicted octanol–water partition coefficient (Wildman–Crippen LogP) is 3.83. The molecule has 172 valence electrons. The average Bonchev–Trinajstić information content (AvgIpc) is 3.27. The number of benzene rings is 2. The number of hydrogen-bond acceptors (Lipinski definition) is 6. The van der Waals surface area contributed by atoms with Gasteiger partial charge in [-0.05, 0) is 36.4 Å². The van der Waals surface area contributed by atoms with Crippen LogP contribution in [0.5, 0.6) is 5.75 Å². The molecule has 0 radical (unpaired) electrons. The fraction of sp³-hybridized carbons (Fsp3) is 0.261. The molecule has 1 aliphatic heterocycles. The van der Waals surface area contributed by atoms with Gasteiger partial charge in [0.15, 0.2) is 5.13 Å². The zero-order chi connectivity index (χ0) is 23.2. The molecule has 0 saturated carbocycles. The first-order valence-electron chi connectivity index (χ1n) is 10.5. The number of aromatic nitrogens is 1. The maximum Gasteiger partial charge on any atom is 0.325 e. The van der Waals surface area contributed by atoms with Crippen molar-refractivity contribution in [1.29, 1.82) is 0 Å². The molecule has 3 aromatic rings. The van der Waals surface area contributed by atoms with E-state index in [-0.39, 0.29) is 18.1 Å². The van der Waals surface area contributed by atoms with E-state index in [9.17, 15) is 14.0 Å². The van der Waals surface area contributed by atoms with Gasteiger partial charge in [0.05, 0.1) is 24.9 Å². The molecular weight excluding hydrogens is 445 g/mol. The van der Waals surface area contributed by atoms with Gasteiger partial charge < -0.3 is 19.9 Å². The number of carbonyl (C=O) groups is 2. The highest BCUT2D eigenvalue weighted by Gasteiger charge is 2.23. The van der Waals surface area contributed by atoms with Crippen LogP contribution in [0.1, 0.15) is 5.69 Å². The Morgan fingerprint density at radius 1 is 1.06 bits per heavy atom. The zero-order valence-electron chi connectivity index (χ0n) is 18.1. The number of para-hydroxylation sites is 2. The standard InChI is InChI=1S/C23H24FN5O3S/c1-32-20-5-3-2-4-19(20)28-10-12-29(13-11-28)21(30)14-18-15-33-23(26-18)27-22(31)25-17-8-6-16(24)7-9-17/h2-9,15H,10-14H2,1H3,(H2,25,26,27,31). The van der Waals surface area contributed by atoms with Crippen LogP contribution in [0, 0.1) is 5.82 Å². The van der Waals surface area contributed by atoms with Crippen molar-refractivity contribution in [3.05, 3.63) is 65.4 Å². The monoisotopic (exact) mass is 469 g/mol. The molecule has 0 spiro atoms. The third-order valence-electron chi connectivity index (χ3n) is 5.26. The van der Waals surface area contributed by atoms with Crippen LogP contribution in [0.25, 0.3) is 0 Å². The Morgan fingerprint density at radius 2 is 1.79 bits per heavy atom. The second kappa shape index (κ2) is 10.3. The number of urea groups is 1. The summed E-state index contributed by atoms with van der Waals surface area (Å²) in [5, 5.41) is 7.39. The van der Waals surface area contributed by atoms with Crippen LogP contribution < -0.4 is 20.3 Å². The zero-order valence-corrected chi connectivity index (χ0v) is 18.9. The van der Waals surface area contributed by atoms with Gasteiger partial charge in [-0.15, -0.1) is 11.3 Å². The summed E-state index contributed by atoms with van der Waals surface area (Å²) in [6, 6.07) is 12.8. The SMILES string of the molecule is COc1ccccc1N1CCN(C(=O)Cc2csc(NC(=O)Nc3ccc(F)cc3)n2)CC1. The van der Waals surface area contributed by atoms with Crippen LogP contribution in [0.3, 0.4) is 0 Å². The Morgan fingerprint density at radius 3 is 2.52 bits per heavy atom. The fourth-order valence-corrected chi connectivity index (χ4v) is 4.30. The van der Waals surface area contributed by atoms with E-state index in [2.05, 4.69) is 20.5 Å². The maximum atomic E-state index is 13.0. The second-order valence-corrected chi connectivity index (χ2v) is 8.30. The molecule has 2 aromatic carbocycles. The van der Waals surface area contributed by atoms with Gasteiger partial charge in [0.2, 0.25) is 5.91 Å². The summed E-state index contributed by atoms with van der Waals surface area (Å²) in [6.07, 6.45) is 0.173.